The molecular formula is C19H21BrN2O4S. The van der Waals surface area contributed by atoms with Gasteiger partial charge in [0.05, 0.1) is 7.11 Å². The van der Waals surface area contributed by atoms with Gasteiger partial charge in [0.2, 0.25) is 15.9 Å². The molecule has 2 aromatic rings. The minimum absolute atomic E-state index is 0.0710. The van der Waals surface area contributed by atoms with Crippen molar-refractivity contribution < 1.29 is 17.9 Å². The summed E-state index contributed by atoms with van der Waals surface area (Å²) >= 11 is 3.31. The number of benzene rings is 2. The lowest BCUT2D eigenvalue weighted by molar-refractivity contribution is -0.120. The number of halogens is 1. The molecule has 0 aromatic heterocycles. The topological polar surface area (TPSA) is 75.7 Å². The summed E-state index contributed by atoms with van der Waals surface area (Å²) in [6, 6.07) is 14.2. The Bertz CT molecular complexity index is 911. The monoisotopic (exact) mass is 452 g/mol. The predicted molar refractivity (Wildman–Crippen MR) is 107 cm³/mol. The minimum atomic E-state index is -3.69. The summed E-state index contributed by atoms with van der Waals surface area (Å²) in [6.45, 7) is 0.593. The Kier molecular flexibility index (Phi) is 6.18. The number of ether oxygens (including phenoxy) is 1. The Hall–Kier alpha value is -1.90. The van der Waals surface area contributed by atoms with Gasteiger partial charge in [-0.05, 0) is 43.2 Å². The van der Waals surface area contributed by atoms with Gasteiger partial charge in [0.25, 0.3) is 0 Å². The molecule has 2 aromatic carbocycles. The number of amides is 1. The van der Waals surface area contributed by atoms with Crippen LogP contribution >= 0.6 is 15.9 Å². The molecule has 1 N–H and O–H groups in total. The Morgan fingerprint density at radius 3 is 2.44 bits per heavy atom. The maximum Gasteiger partial charge on any atom is 0.246 e. The van der Waals surface area contributed by atoms with E-state index in [1.807, 2.05) is 30.3 Å². The second-order valence-electron chi connectivity index (χ2n) is 6.33. The lowest BCUT2D eigenvalue weighted by Crippen LogP contribution is -2.41. The molecule has 0 unspecified atom stereocenters. The van der Waals surface area contributed by atoms with Gasteiger partial charge in [0, 0.05) is 29.2 Å². The number of para-hydroxylation sites is 1. The first-order valence-corrected chi connectivity index (χ1v) is 10.8. The Morgan fingerprint density at radius 1 is 1.15 bits per heavy atom. The fraction of sp³-hybridized carbons (Fsp3) is 0.316. The van der Waals surface area contributed by atoms with Gasteiger partial charge in [-0.2, -0.15) is 4.31 Å². The van der Waals surface area contributed by atoms with Crippen LogP contribution < -0.4 is 10.1 Å². The molecule has 1 saturated heterocycles. The summed E-state index contributed by atoms with van der Waals surface area (Å²) in [4.78, 5) is 12.6. The molecule has 3 rings (SSSR count). The van der Waals surface area contributed by atoms with E-state index in [4.69, 9.17) is 4.74 Å². The zero-order valence-electron chi connectivity index (χ0n) is 14.9. The number of piperidine rings is 1. The summed E-state index contributed by atoms with van der Waals surface area (Å²) in [7, 11) is -2.24. The van der Waals surface area contributed by atoms with E-state index in [-0.39, 0.29) is 16.7 Å². The second kappa shape index (κ2) is 8.41. The van der Waals surface area contributed by atoms with Crippen LogP contribution in [0.5, 0.6) is 5.75 Å². The van der Waals surface area contributed by atoms with Crippen molar-refractivity contribution in [2.75, 3.05) is 25.5 Å². The van der Waals surface area contributed by atoms with Crippen molar-refractivity contribution in [2.45, 2.75) is 17.7 Å². The van der Waals surface area contributed by atoms with Gasteiger partial charge < -0.3 is 10.1 Å². The number of rotatable bonds is 5. The van der Waals surface area contributed by atoms with Crippen molar-refractivity contribution in [3.63, 3.8) is 0 Å². The van der Waals surface area contributed by atoms with Crippen LogP contribution in [-0.2, 0) is 14.8 Å². The molecule has 27 heavy (non-hydrogen) atoms. The van der Waals surface area contributed by atoms with E-state index < -0.39 is 10.0 Å². The van der Waals surface area contributed by atoms with Crippen molar-refractivity contribution in [2.24, 2.45) is 5.92 Å². The quantitative estimate of drug-likeness (QED) is 0.752. The van der Waals surface area contributed by atoms with Crippen LogP contribution in [0.25, 0.3) is 0 Å². The van der Waals surface area contributed by atoms with Crippen LogP contribution in [0.3, 0.4) is 0 Å². The van der Waals surface area contributed by atoms with E-state index in [1.165, 1.54) is 11.4 Å². The predicted octanol–water partition coefficient (Wildman–Crippen LogP) is 3.50. The average Bonchev–Trinajstić information content (AvgIpc) is 2.69. The summed E-state index contributed by atoms with van der Waals surface area (Å²) in [5, 5.41) is 2.89. The molecule has 1 amide bonds. The maximum atomic E-state index is 13.0. The molecule has 0 radical (unpaired) electrons. The molecule has 0 bridgehead atoms. The Labute approximate surface area is 167 Å². The summed E-state index contributed by atoms with van der Waals surface area (Å²) < 4.78 is 33.3. The van der Waals surface area contributed by atoms with Crippen molar-refractivity contribution >= 4 is 37.5 Å². The van der Waals surface area contributed by atoms with Gasteiger partial charge in [-0.3, -0.25) is 4.79 Å². The number of nitrogens with zero attached hydrogens (tertiary/aromatic N) is 1. The van der Waals surface area contributed by atoms with Crippen molar-refractivity contribution in [1.29, 1.82) is 0 Å². The van der Waals surface area contributed by atoms with Crippen LogP contribution in [-0.4, -0.2) is 38.8 Å². The van der Waals surface area contributed by atoms with Crippen LogP contribution in [0, 0.1) is 5.92 Å². The summed E-state index contributed by atoms with van der Waals surface area (Å²) in [5.41, 5.74) is 0.747. The molecule has 1 aliphatic rings. The number of hydrogen-bond acceptors (Lipinski definition) is 4. The van der Waals surface area contributed by atoms with E-state index in [0.717, 1.165) is 5.69 Å². The molecule has 6 nitrogen and oxygen atoms in total. The number of hydrogen-bond donors (Lipinski definition) is 1. The second-order valence-corrected chi connectivity index (χ2v) is 9.15. The summed E-state index contributed by atoms with van der Waals surface area (Å²) in [6.07, 6.45) is 0.961. The first-order chi connectivity index (χ1) is 12.9. The van der Waals surface area contributed by atoms with E-state index in [2.05, 4.69) is 21.2 Å². The highest BCUT2D eigenvalue weighted by Crippen LogP contribution is 2.32. The van der Waals surface area contributed by atoms with Crippen molar-refractivity contribution in [3.05, 3.63) is 53.0 Å². The standard InChI is InChI=1S/C19H21BrN2O4S/c1-26-17-8-7-15(20)13-18(17)27(24,25)22-11-9-14(10-12-22)19(23)21-16-5-3-2-4-6-16/h2-8,13-14H,9-12H2,1H3,(H,21,23). The highest BCUT2D eigenvalue weighted by Gasteiger charge is 2.33. The highest BCUT2D eigenvalue weighted by atomic mass is 79.9. The third-order valence-electron chi connectivity index (χ3n) is 4.61. The molecule has 144 valence electrons. The van der Waals surface area contributed by atoms with Crippen molar-refractivity contribution in [1.82, 2.24) is 4.31 Å². The smallest absolute Gasteiger partial charge is 0.246 e. The van der Waals surface area contributed by atoms with E-state index in [1.54, 1.807) is 18.2 Å². The van der Waals surface area contributed by atoms with E-state index in [0.29, 0.717) is 36.2 Å². The number of anilines is 1. The number of carbonyl (C=O) groups excluding carboxylic acids is 1. The van der Waals surface area contributed by atoms with Crippen LogP contribution in [0.15, 0.2) is 57.9 Å². The lowest BCUT2D eigenvalue weighted by Gasteiger charge is -2.31. The highest BCUT2D eigenvalue weighted by molar-refractivity contribution is 9.10. The lowest BCUT2D eigenvalue weighted by atomic mass is 9.97. The molecule has 1 fully saturated rings. The van der Waals surface area contributed by atoms with E-state index >= 15 is 0 Å². The average molecular weight is 453 g/mol. The number of carbonyl (C=O) groups is 1. The number of methoxy groups -OCH3 is 1. The van der Waals surface area contributed by atoms with Gasteiger partial charge in [-0.1, -0.05) is 34.1 Å². The van der Waals surface area contributed by atoms with Gasteiger partial charge in [-0.15, -0.1) is 0 Å². The van der Waals surface area contributed by atoms with Gasteiger partial charge >= 0.3 is 0 Å². The van der Waals surface area contributed by atoms with Gasteiger partial charge in [-0.25, -0.2) is 8.42 Å². The Balaban J connectivity index is 1.68. The van der Waals surface area contributed by atoms with E-state index in [9.17, 15) is 13.2 Å². The maximum absolute atomic E-state index is 13.0. The SMILES string of the molecule is COc1ccc(Br)cc1S(=O)(=O)N1CCC(C(=O)Nc2ccccc2)CC1. The van der Waals surface area contributed by atoms with Crippen LogP contribution in [0.4, 0.5) is 5.69 Å². The normalized spacial score (nSPS) is 16.1. The minimum Gasteiger partial charge on any atom is -0.495 e. The molecule has 0 saturated carbocycles. The zero-order chi connectivity index (χ0) is 19.4. The van der Waals surface area contributed by atoms with Crippen LogP contribution in [0.1, 0.15) is 12.8 Å². The number of sulfonamides is 1. The molecule has 0 atom stereocenters. The number of nitrogens with one attached hydrogen (secondary N) is 1. The first-order valence-electron chi connectivity index (χ1n) is 8.61. The molecule has 1 aliphatic heterocycles. The fourth-order valence-electron chi connectivity index (χ4n) is 3.12. The van der Waals surface area contributed by atoms with Gasteiger partial charge in [0.15, 0.2) is 0 Å². The third-order valence-corrected chi connectivity index (χ3v) is 7.02. The zero-order valence-corrected chi connectivity index (χ0v) is 17.3. The molecule has 0 spiro atoms. The Morgan fingerprint density at radius 2 is 1.81 bits per heavy atom. The van der Waals surface area contributed by atoms with Crippen molar-refractivity contribution in [3.8, 4) is 5.75 Å². The van der Waals surface area contributed by atoms with Gasteiger partial charge in [0.1, 0.15) is 10.6 Å². The largest absolute Gasteiger partial charge is 0.495 e. The fourth-order valence-corrected chi connectivity index (χ4v) is 5.28. The molecule has 0 aliphatic carbocycles. The third kappa shape index (κ3) is 4.51. The molecule has 1 heterocycles. The molecular weight excluding hydrogens is 432 g/mol. The summed E-state index contributed by atoms with van der Waals surface area (Å²) in [5.74, 6) is 0.0292. The molecule has 8 heteroatoms. The van der Waals surface area contributed by atoms with Crippen LogP contribution in [0.2, 0.25) is 0 Å². The first kappa shape index (κ1) is 19.9.